The highest BCUT2D eigenvalue weighted by Crippen LogP contribution is 2.31. The van der Waals surface area contributed by atoms with Crippen molar-refractivity contribution in [1.29, 1.82) is 5.26 Å². The summed E-state index contributed by atoms with van der Waals surface area (Å²) < 4.78 is 0. The molecule has 1 heterocycles. The van der Waals surface area contributed by atoms with Gasteiger partial charge in [-0.15, -0.1) is 0 Å². The van der Waals surface area contributed by atoms with Crippen molar-refractivity contribution in [3.8, 4) is 6.07 Å². The molecule has 4 heteroatoms. The molecule has 1 aliphatic rings. The molecule has 17 heavy (non-hydrogen) atoms. The first-order valence-electron chi connectivity index (χ1n) is 5.53. The Kier molecular flexibility index (Phi) is 3.20. The Bertz CT molecular complexity index is 514. The van der Waals surface area contributed by atoms with E-state index in [4.69, 9.17) is 5.26 Å². The summed E-state index contributed by atoms with van der Waals surface area (Å²) in [6.07, 6.45) is 0.652. The van der Waals surface area contributed by atoms with Gasteiger partial charge in [-0.05, 0) is 19.1 Å². The second-order valence-electron chi connectivity index (χ2n) is 3.97. The highest BCUT2D eigenvalue weighted by molar-refractivity contribution is 6.10. The average Bonchev–Trinajstić information content (AvgIpc) is 2.42. The molecule has 0 saturated carbocycles. The molecule has 0 bridgehead atoms. The van der Waals surface area contributed by atoms with E-state index in [0.29, 0.717) is 19.4 Å². The van der Waals surface area contributed by atoms with Gasteiger partial charge in [0.25, 0.3) is 0 Å². The van der Waals surface area contributed by atoms with Crippen LogP contribution in [0, 0.1) is 11.3 Å². The lowest BCUT2D eigenvalue weighted by Crippen LogP contribution is -2.31. The normalized spacial score (nSPS) is 14.7. The monoisotopic (exact) mass is 227 g/mol. The minimum Gasteiger partial charge on any atom is -0.309 e. The topological polar surface area (TPSA) is 56.5 Å². The van der Waals surface area contributed by atoms with E-state index < -0.39 is 0 Å². The molecule has 2 rings (SSSR count). The van der Waals surface area contributed by atoms with Crippen molar-refractivity contribution in [1.82, 2.24) is 0 Å². The predicted octanol–water partition coefficient (Wildman–Crippen LogP) is 2.43. The van der Waals surface area contributed by atoms with Gasteiger partial charge in [0.2, 0.25) is 5.91 Å². The number of amides is 1. The molecule has 1 aromatic carbocycles. The number of rotatable bonds is 2. The fourth-order valence-electron chi connectivity index (χ4n) is 1.89. The maximum Gasteiger partial charge on any atom is 0.232 e. The Morgan fingerprint density at radius 3 is 3.00 bits per heavy atom. The molecule has 4 nitrogen and oxygen atoms in total. The summed E-state index contributed by atoms with van der Waals surface area (Å²) in [6, 6.07) is 9.59. The van der Waals surface area contributed by atoms with E-state index in [2.05, 4.69) is 11.1 Å². The number of para-hydroxylation sites is 2. The lowest BCUT2D eigenvalue weighted by molar-refractivity contribution is -0.117. The van der Waals surface area contributed by atoms with E-state index in [9.17, 15) is 4.79 Å². The fraction of sp³-hybridized carbons (Fsp3) is 0.308. The van der Waals surface area contributed by atoms with Crippen molar-refractivity contribution < 1.29 is 4.79 Å². The van der Waals surface area contributed by atoms with Gasteiger partial charge in [0.1, 0.15) is 0 Å². The molecule has 0 saturated heterocycles. The third-order valence-electron chi connectivity index (χ3n) is 2.64. The highest BCUT2D eigenvalue weighted by atomic mass is 16.2. The number of carbonyl (C=O) groups excluding carboxylic acids is 1. The smallest absolute Gasteiger partial charge is 0.232 e. The van der Waals surface area contributed by atoms with Gasteiger partial charge >= 0.3 is 0 Å². The molecule has 0 fully saturated rings. The minimum absolute atomic E-state index is 0.00597. The maximum absolute atomic E-state index is 12.0. The molecule has 0 aromatic heterocycles. The predicted molar refractivity (Wildman–Crippen MR) is 66.4 cm³/mol. The van der Waals surface area contributed by atoms with Gasteiger partial charge < -0.3 is 4.90 Å². The molecule has 0 spiro atoms. The summed E-state index contributed by atoms with van der Waals surface area (Å²) in [4.78, 5) is 18.1. The third kappa shape index (κ3) is 2.34. The quantitative estimate of drug-likeness (QED) is 0.779. The van der Waals surface area contributed by atoms with Crippen molar-refractivity contribution in [3.05, 3.63) is 24.3 Å². The first kappa shape index (κ1) is 11.3. The maximum atomic E-state index is 12.0. The molecule has 1 aliphatic heterocycles. The lowest BCUT2D eigenvalue weighted by atomic mass is 10.2. The van der Waals surface area contributed by atoms with E-state index >= 15 is 0 Å². The number of hydrogen-bond acceptors (Lipinski definition) is 3. The molecule has 0 radical (unpaired) electrons. The molecule has 86 valence electrons. The van der Waals surface area contributed by atoms with E-state index in [0.717, 1.165) is 17.1 Å². The van der Waals surface area contributed by atoms with Gasteiger partial charge in [0.05, 0.1) is 30.3 Å². The van der Waals surface area contributed by atoms with Gasteiger partial charge in [-0.2, -0.15) is 5.26 Å². The van der Waals surface area contributed by atoms with Crippen LogP contribution in [-0.4, -0.2) is 18.2 Å². The van der Waals surface area contributed by atoms with Crippen LogP contribution in [0.2, 0.25) is 0 Å². The standard InChI is InChI=1S/C13H13N3O/c1-10-9-13(17)16(8-4-7-14)12-6-3-2-5-11(12)15-10/h2-3,5-6H,4,8-9H2,1H3. The fourth-order valence-corrected chi connectivity index (χ4v) is 1.89. The Labute approximate surface area is 100 Å². The number of nitrogens with zero attached hydrogens (tertiary/aromatic N) is 3. The zero-order chi connectivity index (χ0) is 12.3. The zero-order valence-electron chi connectivity index (χ0n) is 9.68. The van der Waals surface area contributed by atoms with Crippen LogP contribution in [0.3, 0.4) is 0 Å². The molecular weight excluding hydrogens is 214 g/mol. The van der Waals surface area contributed by atoms with Crippen molar-refractivity contribution in [2.75, 3.05) is 11.4 Å². The SMILES string of the molecule is CC1=Nc2ccccc2N(CCC#N)C(=O)C1. The number of carbonyl (C=O) groups is 1. The van der Waals surface area contributed by atoms with Crippen LogP contribution in [0.1, 0.15) is 19.8 Å². The number of fused-ring (bicyclic) bond motifs is 1. The second kappa shape index (κ2) is 4.79. The summed E-state index contributed by atoms with van der Waals surface area (Å²) in [7, 11) is 0. The zero-order valence-corrected chi connectivity index (χ0v) is 9.68. The second-order valence-corrected chi connectivity index (χ2v) is 3.97. The summed E-state index contributed by atoms with van der Waals surface area (Å²) in [5, 5.41) is 8.64. The van der Waals surface area contributed by atoms with Crippen LogP contribution < -0.4 is 4.90 Å². The third-order valence-corrected chi connectivity index (χ3v) is 2.64. The van der Waals surface area contributed by atoms with Crippen molar-refractivity contribution in [2.24, 2.45) is 4.99 Å². The Hall–Kier alpha value is -2.15. The van der Waals surface area contributed by atoms with Crippen LogP contribution in [0.25, 0.3) is 0 Å². The number of nitriles is 1. The molecule has 0 N–H and O–H groups in total. The summed E-state index contributed by atoms with van der Waals surface area (Å²) in [5.41, 5.74) is 2.40. The van der Waals surface area contributed by atoms with Gasteiger partial charge in [-0.1, -0.05) is 12.1 Å². The lowest BCUT2D eigenvalue weighted by Gasteiger charge is -2.20. The minimum atomic E-state index is 0.00597. The Balaban J connectivity index is 2.42. The van der Waals surface area contributed by atoms with Gasteiger partial charge in [0, 0.05) is 12.3 Å². The summed E-state index contributed by atoms with van der Waals surface area (Å²) in [6.45, 7) is 2.28. The van der Waals surface area contributed by atoms with Gasteiger partial charge in [-0.25, -0.2) is 0 Å². The van der Waals surface area contributed by atoms with E-state index in [1.807, 2.05) is 31.2 Å². The average molecular weight is 227 g/mol. The first-order valence-corrected chi connectivity index (χ1v) is 5.53. The van der Waals surface area contributed by atoms with Crippen molar-refractivity contribution in [3.63, 3.8) is 0 Å². The van der Waals surface area contributed by atoms with Crippen LogP contribution in [0.5, 0.6) is 0 Å². The van der Waals surface area contributed by atoms with Crippen LogP contribution in [0.4, 0.5) is 11.4 Å². The largest absolute Gasteiger partial charge is 0.309 e. The number of anilines is 1. The van der Waals surface area contributed by atoms with Crippen molar-refractivity contribution in [2.45, 2.75) is 19.8 Å². The van der Waals surface area contributed by atoms with Crippen LogP contribution in [-0.2, 0) is 4.79 Å². The Morgan fingerprint density at radius 1 is 1.47 bits per heavy atom. The number of hydrogen-bond donors (Lipinski definition) is 0. The van der Waals surface area contributed by atoms with Crippen LogP contribution >= 0.6 is 0 Å². The first-order chi connectivity index (χ1) is 8.22. The number of benzene rings is 1. The van der Waals surface area contributed by atoms with Crippen LogP contribution in [0.15, 0.2) is 29.3 Å². The van der Waals surface area contributed by atoms with E-state index in [1.54, 1.807) is 4.90 Å². The van der Waals surface area contributed by atoms with Crippen molar-refractivity contribution >= 4 is 23.0 Å². The molecule has 0 atom stereocenters. The molecular formula is C13H13N3O. The van der Waals surface area contributed by atoms with E-state index in [1.165, 1.54) is 0 Å². The van der Waals surface area contributed by atoms with Gasteiger partial charge in [-0.3, -0.25) is 9.79 Å². The summed E-state index contributed by atoms with van der Waals surface area (Å²) in [5.74, 6) is 0.00597. The molecule has 1 aromatic rings. The molecule has 0 unspecified atom stereocenters. The highest BCUT2D eigenvalue weighted by Gasteiger charge is 2.21. The Morgan fingerprint density at radius 2 is 2.24 bits per heavy atom. The van der Waals surface area contributed by atoms with E-state index in [-0.39, 0.29) is 5.91 Å². The summed E-state index contributed by atoms with van der Waals surface area (Å²) >= 11 is 0. The molecule has 0 aliphatic carbocycles. The number of aliphatic imine (C=N–C) groups is 1. The molecule has 1 amide bonds. The van der Waals surface area contributed by atoms with Gasteiger partial charge in [0.15, 0.2) is 0 Å².